The van der Waals surface area contributed by atoms with Gasteiger partial charge in [0.15, 0.2) is 0 Å². The zero-order valence-corrected chi connectivity index (χ0v) is 16.1. The van der Waals surface area contributed by atoms with Crippen molar-refractivity contribution in [3.63, 3.8) is 0 Å². The van der Waals surface area contributed by atoms with E-state index in [1.54, 1.807) is 0 Å². The van der Waals surface area contributed by atoms with E-state index in [1.165, 1.54) is 0 Å². The van der Waals surface area contributed by atoms with Crippen molar-refractivity contribution in [3.8, 4) is 11.5 Å². The topological polar surface area (TPSA) is 101 Å². The van der Waals surface area contributed by atoms with E-state index in [0.29, 0.717) is 26.1 Å². The van der Waals surface area contributed by atoms with Crippen LogP contribution in [0, 0.1) is 11.8 Å². The van der Waals surface area contributed by atoms with Crippen molar-refractivity contribution in [3.05, 3.63) is 59.7 Å². The van der Waals surface area contributed by atoms with Gasteiger partial charge in [0.05, 0.1) is 24.6 Å². The highest BCUT2D eigenvalue weighted by molar-refractivity contribution is 6.09. The van der Waals surface area contributed by atoms with Crippen LogP contribution < -0.4 is 20.3 Å². The number of fused-ring (bicyclic) bond motifs is 6. The van der Waals surface area contributed by atoms with Crippen LogP contribution in [0.5, 0.6) is 11.5 Å². The molecule has 0 aromatic heterocycles. The van der Waals surface area contributed by atoms with Gasteiger partial charge in [-0.2, -0.15) is 10.2 Å². The van der Waals surface area contributed by atoms with E-state index in [4.69, 9.17) is 9.47 Å². The molecule has 0 bridgehead atoms. The van der Waals surface area contributed by atoms with Crippen molar-refractivity contribution < 1.29 is 19.1 Å². The third-order valence-electron chi connectivity index (χ3n) is 5.45. The maximum atomic E-state index is 11.2. The molecule has 2 aromatic rings. The lowest BCUT2D eigenvalue weighted by molar-refractivity contribution is -0.123. The molecular formula is C22H20N4O4. The first-order chi connectivity index (χ1) is 14.7. The van der Waals surface area contributed by atoms with Gasteiger partial charge >= 0.3 is 0 Å². The van der Waals surface area contributed by atoms with E-state index in [9.17, 15) is 9.59 Å². The van der Waals surface area contributed by atoms with Crippen molar-refractivity contribution in [2.75, 3.05) is 13.2 Å². The molecule has 2 N–H and O–H groups in total. The highest BCUT2D eigenvalue weighted by atomic mass is 16.5. The number of nitrogens with zero attached hydrogens (tertiary/aromatic N) is 2. The SMILES string of the molecule is O=C1C[C@@H]2COc3ccccc3C2=NN1.O=C1C[C@@H]2COc3ccccc3C2=NN1. The van der Waals surface area contributed by atoms with Crippen LogP contribution in [0.1, 0.15) is 24.0 Å². The fourth-order valence-corrected chi connectivity index (χ4v) is 3.98. The molecule has 4 heterocycles. The van der Waals surface area contributed by atoms with Crippen molar-refractivity contribution in [2.45, 2.75) is 12.8 Å². The van der Waals surface area contributed by atoms with E-state index in [-0.39, 0.29) is 23.7 Å². The monoisotopic (exact) mass is 404 g/mol. The minimum atomic E-state index is -0.0354. The molecular weight excluding hydrogens is 384 g/mol. The molecule has 8 heteroatoms. The van der Waals surface area contributed by atoms with Crippen molar-refractivity contribution in [1.29, 1.82) is 0 Å². The van der Waals surface area contributed by atoms with Crippen LogP contribution in [0.3, 0.4) is 0 Å². The second-order valence-electron chi connectivity index (χ2n) is 7.48. The minimum absolute atomic E-state index is 0.0354. The number of benzene rings is 2. The summed E-state index contributed by atoms with van der Waals surface area (Å²) in [6.07, 6.45) is 0.931. The third-order valence-corrected chi connectivity index (χ3v) is 5.45. The zero-order valence-electron chi connectivity index (χ0n) is 16.1. The van der Waals surface area contributed by atoms with Gasteiger partial charge in [-0.25, -0.2) is 10.9 Å². The normalized spacial score (nSPS) is 23.1. The number of para-hydroxylation sites is 2. The Bertz CT molecular complexity index is 993. The summed E-state index contributed by atoms with van der Waals surface area (Å²) in [6.45, 7) is 1.09. The number of carbonyl (C=O) groups is 2. The van der Waals surface area contributed by atoms with Gasteiger partial charge in [0, 0.05) is 35.8 Å². The summed E-state index contributed by atoms with van der Waals surface area (Å²) in [4.78, 5) is 22.3. The van der Waals surface area contributed by atoms with E-state index in [2.05, 4.69) is 21.1 Å². The summed E-state index contributed by atoms with van der Waals surface area (Å²) in [5.74, 6) is 1.84. The highest BCUT2D eigenvalue weighted by Crippen LogP contribution is 2.31. The van der Waals surface area contributed by atoms with Crippen molar-refractivity contribution >= 4 is 23.2 Å². The van der Waals surface area contributed by atoms with Gasteiger partial charge in [-0.15, -0.1) is 0 Å². The molecule has 4 aliphatic rings. The van der Waals surface area contributed by atoms with Gasteiger partial charge < -0.3 is 9.47 Å². The third kappa shape index (κ3) is 3.41. The Hall–Kier alpha value is -3.68. The van der Waals surface area contributed by atoms with Gasteiger partial charge in [-0.3, -0.25) is 9.59 Å². The number of rotatable bonds is 0. The molecule has 2 aromatic carbocycles. The first-order valence-electron chi connectivity index (χ1n) is 9.86. The highest BCUT2D eigenvalue weighted by Gasteiger charge is 2.32. The Morgan fingerprint density at radius 3 is 1.60 bits per heavy atom. The predicted octanol–water partition coefficient (Wildman–Crippen LogP) is 1.84. The number of ether oxygens (including phenoxy) is 2. The molecule has 0 saturated heterocycles. The molecule has 2 amide bonds. The molecule has 0 aliphatic carbocycles. The molecule has 0 unspecified atom stereocenters. The molecule has 0 radical (unpaired) electrons. The number of hydrazone groups is 2. The Labute approximate surface area is 173 Å². The van der Waals surface area contributed by atoms with E-state index in [1.807, 2.05) is 48.5 Å². The lowest BCUT2D eigenvalue weighted by Crippen LogP contribution is -2.39. The second-order valence-corrected chi connectivity index (χ2v) is 7.48. The lowest BCUT2D eigenvalue weighted by atomic mass is 9.90. The number of carbonyl (C=O) groups excluding carboxylic acids is 2. The molecule has 0 spiro atoms. The molecule has 2 atom stereocenters. The van der Waals surface area contributed by atoms with Crippen molar-refractivity contribution in [1.82, 2.24) is 10.9 Å². The Kier molecular flexibility index (Phi) is 4.66. The molecule has 152 valence electrons. The summed E-state index contributed by atoms with van der Waals surface area (Å²) in [7, 11) is 0. The molecule has 8 nitrogen and oxygen atoms in total. The molecule has 0 fully saturated rings. The van der Waals surface area contributed by atoms with Gasteiger partial charge in [-0.05, 0) is 24.3 Å². The summed E-state index contributed by atoms with van der Waals surface area (Å²) in [5.41, 5.74) is 8.90. The Balaban J connectivity index is 0.000000128. The van der Waals surface area contributed by atoms with Gasteiger partial charge in [-0.1, -0.05) is 24.3 Å². The maximum absolute atomic E-state index is 11.2. The molecule has 0 saturated carbocycles. The van der Waals surface area contributed by atoms with Crippen LogP contribution in [0.15, 0.2) is 58.7 Å². The molecule has 6 rings (SSSR count). The molecule has 30 heavy (non-hydrogen) atoms. The smallest absolute Gasteiger partial charge is 0.240 e. The summed E-state index contributed by atoms with van der Waals surface area (Å²) in [6, 6.07) is 15.5. The quantitative estimate of drug-likeness (QED) is 0.700. The minimum Gasteiger partial charge on any atom is -0.492 e. The number of hydrogen-bond acceptors (Lipinski definition) is 6. The number of hydrogen-bond donors (Lipinski definition) is 2. The van der Waals surface area contributed by atoms with E-state index < -0.39 is 0 Å². The van der Waals surface area contributed by atoms with Gasteiger partial charge in [0.1, 0.15) is 11.5 Å². The number of amides is 2. The standard InChI is InChI=1S/2C11H10N2O2/c2*14-10-5-7-6-15-9-4-2-1-3-8(9)11(7)13-12-10/h2*1-4,7H,5-6H2,(H,12,14)/t2*7-/m11/s1. The predicted molar refractivity (Wildman–Crippen MR) is 109 cm³/mol. The van der Waals surface area contributed by atoms with E-state index in [0.717, 1.165) is 34.0 Å². The van der Waals surface area contributed by atoms with Crippen LogP contribution in [-0.4, -0.2) is 36.5 Å². The fourth-order valence-electron chi connectivity index (χ4n) is 3.98. The second kappa shape index (κ2) is 7.62. The van der Waals surface area contributed by atoms with Crippen LogP contribution in [0.2, 0.25) is 0 Å². The van der Waals surface area contributed by atoms with Crippen LogP contribution in [0.25, 0.3) is 0 Å². The Morgan fingerprint density at radius 2 is 1.13 bits per heavy atom. The number of nitrogens with one attached hydrogen (secondary N) is 2. The summed E-state index contributed by atoms with van der Waals surface area (Å²) >= 11 is 0. The fraction of sp³-hybridized carbons (Fsp3) is 0.273. The average molecular weight is 404 g/mol. The van der Waals surface area contributed by atoms with Crippen LogP contribution in [-0.2, 0) is 9.59 Å². The largest absolute Gasteiger partial charge is 0.492 e. The van der Waals surface area contributed by atoms with Gasteiger partial charge in [0.2, 0.25) is 11.8 Å². The zero-order chi connectivity index (χ0) is 20.5. The van der Waals surface area contributed by atoms with Crippen molar-refractivity contribution in [2.24, 2.45) is 22.0 Å². The first-order valence-corrected chi connectivity index (χ1v) is 9.86. The average Bonchev–Trinajstić information content (AvgIpc) is 2.79. The molecule has 4 aliphatic heterocycles. The van der Waals surface area contributed by atoms with E-state index >= 15 is 0 Å². The lowest BCUT2D eigenvalue weighted by Gasteiger charge is -2.28. The maximum Gasteiger partial charge on any atom is 0.240 e. The Morgan fingerprint density at radius 1 is 0.700 bits per heavy atom. The van der Waals surface area contributed by atoms with Crippen LogP contribution >= 0.6 is 0 Å². The van der Waals surface area contributed by atoms with Gasteiger partial charge in [0.25, 0.3) is 0 Å². The van der Waals surface area contributed by atoms with Crippen LogP contribution in [0.4, 0.5) is 0 Å². The first kappa shape index (κ1) is 18.4. The summed E-state index contributed by atoms with van der Waals surface area (Å²) in [5, 5.41) is 8.22. The summed E-state index contributed by atoms with van der Waals surface area (Å²) < 4.78 is 11.2.